The number of anilines is 2. The first-order valence-corrected chi connectivity index (χ1v) is 10.6. The van der Waals surface area contributed by atoms with E-state index in [1.165, 1.54) is 6.26 Å². The molecule has 1 aromatic carbocycles. The molecule has 0 aliphatic heterocycles. The highest BCUT2D eigenvalue weighted by atomic mass is 32.2. The first-order chi connectivity index (χ1) is 11.8. The molecule has 0 bridgehead atoms. The summed E-state index contributed by atoms with van der Waals surface area (Å²) < 4.78 is 22.8. The Labute approximate surface area is 151 Å². The molecule has 7 heteroatoms. The maximum atomic E-state index is 11.4. The summed E-state index contributed by atoms with van der Waals surface area (Å²) in [5, 5.41) is 2.90. The molecule has 0 saturated heterocycles. The normalized spacial score (nSPS) is 11.5. The lowest BCUT2D eigenvalue weighted by atomic mass is 10.2. The van der Waals surface area contributed by atoms with E-state index >= 15 is 0 Å². The van der Waals surface area contributed by atoms with E-state index in [1.807, 2.05) is 60.6 Å². The Balaban J connectivity index is 1.80. The fourth-order valence-electron chi connectivity index (χ4n) is 2.48. The summed E-state index contributed by atoms with van der Waals surface area (Å²) in [6, 6.07) is 11.5. The molecule has 0 atom stereocenters. The first kappa shape index (κ1) is 17.6. The van der Waals surface area contributed by atoms with Crippen LogP contribution in [0.3, 0.4) is 0 Å². The zero-order chi connectivity index (χ0) is 18.0. The van der Waals surface area contributed by atoms with E-state index in [0.29, 0.717) is 0 Å². The van der Waals surface area contributed by atoms with E-state index in [2.05, 4.69) is 4.98 Å². The van der Waals surface area contributed by atoms with E-state index in [0.717, 1.165) is 33.3 Å². The predicted molar refractivity (Wildman–Crippen MR) is 103 cm³/mol. The average molecular weight is 374 g/mol. The maximum absolute atomic E-state index is 11.4. The van der Waals surface area contributed by atoms with Crippen LogP contribution in [0.15, 0.2) is 48.0 Å². The van der Waals surface area contributed by atoms with E-state index in [9.17, 15) is 8.42 Å². The molecule has 0 aliphatic rings. The molecule has 2 aromatic heterocycles. The number of benzene rings is 1. The molecule has 130 valence electrons. The fourth-order valence-corrected chi connectivity index (χ4v) is 4.10. The highest BCUT2D eigenvalue weighted by Gasteiger charge is 2.11. The van der Waals surface area contributed by atoms with Gasteiger partial charge in [-0.15, -0.1) is 11.3 Å². The van der Waals surface area contributed by atoms with Crippen LogP contribution in [0, 0.1) is 6.92 Å². The number of sulfone groups is 1. The van der Waals surface area contributed by atoms with Gasteiger partial charge in [0.15, 0.2) is 15.0 Å². The van der Waals surface area contributed by atoms with Crippen LogP contribution in [0.25, 0.3) is 11.3 Å². The van der Waals surface area contributed by atoms with Gasteiger partial charge in [0.25, 0.3) is 0 Å². The van der Waals surface area contributed by atoms with Gasteiger partial charge in [-0.05, 0) is 36.8 Å². The second kappa shape index (κ2) is 6.93. The molecule has 25 heavy (non-hydrogen) atoms. The van der Waals surface area contributed by atoms with Crippen LogP contribution in [0.1, 0.15) is 11.3 Å². The number of thiazole rings is 1. The lowest BCUT2D eigenvalue weighted by Crippen LogP contribution is -2.09. The number of nitrogens with zero attached hydrogens (tertiary/aromatic N) is 3. The molecule has 0 saturated carbocycles. The van der Waals surface area contributed by atoms with Gasteiger partial charge in [-0.2, -0.15) is 0 Å². The quantitative estimate of drug-likeness (QED) is 0.680. The number of hydrogen-bond donors (Lipinski definition) is 0. The van der Waals surface area contributed by atoms with Crippen LogP contribution < -0.4 is 4.90 Å². The van der Waals surface area contributed by atoms with E-state index in [4.69, 9.17) is 4.98 Å². The molecule has 0 radical (unpaired) electrons. The zero-order valence-corrected chi connectivity index (χ0v) is 15.9. The van der Waals surface area contributed by atoms with Gasteiger partial charge < -0.3 is 4.90 Å². The van der Waals surface area contributed by atoms with Crippen LogP contribution in [-0.2, 0) is 15.6 Å². The Morgan fingerprint density at radius 3 is 2.52 bits per heavy atom. The van der Waals surface area contributed by atoms with Crippen molar-refractivity contribution in [2.45, 2.75) is 12.7 Å². The van der Waals surface area contributed by atoms with Crippen molar-refractivity contribution in [2.24, 2.45) is 0 Å². The van der Waals surface area contributed by atoms with Gasteiger partial charge in [0.05, 0.1) is 11.4 Å². The van der Waals surface area contributed by atoms with Crippen molar-refractivity contribution in [3.63, 3.8) is 0 Å². The molecule has 0 aliphatic carbocycles. The van der Waals surface area contributed by atoms with Crippen LogP contribution in [0.5, 0.6) is 0 Å². The number of pyridine rings is 1. The Hall–Kier alpha value is -2.25. The highest BCUT2D eigenvalue weighted by Crippen LogP contribution is 2.31. The van der Waals surface area contributed by atoms with Crippen molar-refractivity contribution >= 4 is 32.0 Å². The standard InChI is InChI=1S/C18H19N3O2S2/c1-13-10-15(8-9-19-13)17-11-24-18(20-17)21(2)16-6-4-14(5-7-16)12-25(3,22)23/h4-11H,12H2,1-3H3. The number of hydrogen-bond acceptors (Lipinski definition) is 6. The molecule has 0 N–H and O–H groups in total. The third-order valence-corrected chi connectivity index (χ3v) is 5.50. The molecule has 0 unspecified atom stereocenters. The summed E-state index contributed by atoms with van der Waals surface area (Å²) in [6.07, 6.45) is 3.03. The van der Waals surface area contributed by atoms with Gasteiger partial charge >= 0.3 is 0 Å². The predicted octanol–water partition coefficient (Wildman–Crippen LogP) is 3.83. The van der Waals surface area contributed by atoms with Crippen molar-refractivity contribution in [1.82, 2.24) is 9.97 Å². The molecular weight excluding hydrogens is 354 g/mol. The second-order valence-corrected chi connectivity index (χ2v) is 8.97. The number of aromatic nitrogens is 2. The average Bonchev–Trinajstić information content (AvgIpc) is 3.03. The van der Waals surface area contributed by atoms with E-state index < -0.39 is 9.84 Å². The summed E-state index contributed by atoms with van der Waals surface area (Å²) >= 11 is 1.57. The van der Waals surface area contributed by atoms with E-state index in [1.54, 1.807) is 17.5 Å². The lowest BCUT2D eigenvalue weighted by Gasteiger charge is -2.16. The van der Waals surface area contributed by atoms with Gasteiger partial charge in [-0.25, -0.2) is 13.4 Å². The van der Waals surface area contributed by atoms with Crippen LogP contribution in [0.4, 0.5) is 10.8 Å². The third kappa shape index (κ3) is 4.43. The molecule has 5 nitrogen and oxygen atoms in total. The second-order valence-electron chi connectivity index (χ2n) is 6.00. The van der Waals surface area contributed by atoms with Gasteiger partial charge in [-0.1, -0.05) is 12.1 Å². The van der Waals surface area contributed by atoms with Crippen molar-refractivity contribution in [3.05, 3.63) is 59.2 Å². The Bertz CT molecular complexity index is 980. The number of aryl methyl sites for hydroxylation is 1. The minimum absolute atomic E-state index is 0.0553. The molecule has 3 aromatic rings. The van der Waals surface area contributed by atoms with E-state index in [-0.39, 0.29) is 5.75 Å². The molecule has 3 rings (SSSR count). The smallest absolute Gasteiger partial charge is 0.190 e. The fraction of sp³-hybridized carbons (Fsp3) is 0.222. The largest absolute Gasteiger partial charge is 0.321 e. The summed E-state index contributed by atoms with van der Waals surface area (Å²) in [5.41, 5.74) is 4.68. The zero-order valence-electron chi connectivity index (χ0n) is 14.3. The number of rotatable bonds is 5. The Morgan fingerprint density at radius 1 is 1.16 bits per heavy atom. The summed E-state index contributed by atoms with van der Waals surface area (Å²) in [7, 11) is -1.07. The Morgan fingerprint density at radius 2 is 1.88 bits per heavy atom. The minimum Gasteiger partial charge on any atom is -0.321 e. The van der Waals surface area contributed by atoms with Gasteiger partial charge in [0, 0.05) is 41.8 Å². The van der Waals surface area contributed by atoms with Gasteiger partial charge in [0.2, 0.25) is 0 Å². The molecule has 2 heterocycles. The van der Waals surface area contributed by atoms with Gasteiger partial charge in [0.1, 0.15) is 0 Å². The third-order valence-electron chi connectivity index (χ3n) is 3.72. The van der Waals surface area contributed by atoms with Crippen molar-refractivity contribution in [3.8, 4) is 11.3 Å². The highest BCUT2D eigenvalue weighted by molar-refractivity contribution is 7.89. The van der Waals surface area contributed by atoms with Crippen molar-refractivity contribution in [1.29, 1.82) is 0 Å². The van der Waals surface area contributed by atoms with Crippen molar-refractivity contribution in [2.75, 3.05) is 18.2 Å². The van der Waals surface area contributed by atoms with Crippen LogP contribution in [0.2, 0.25) is 0 Å². The first-order valence-electron chi connectivity index (χ1n) is 7.71. The monoisotopic (exact) mass is 373 g/mol. The molecule has 0 amide bonds. The lowest BCUT2D eigenvalue weighted by molar-refractivity contribution is 0.601. The Kier molecular flexibility index (Phi) is 4.87. The van der Waals surface area contributed by atoms with Crippen LogP contribution in [-0.4, -0.2) is 31.7 Å². The van der Waals surface area contributed by atoms with Crippen molar-refractivity contribution < 1.29 is 8.42 Å². The van der Waals surface area contributed by atoms with Gasteiger partial charge in [-0.3, -0.25) is 4.98 Å². The summed E-state index contributed by atoms with van der Waals surface area (Å²) in [5.74, 6) is 0.0553. The molecule has 0 spiro atoms. The SMILES string of the molecule is Cc1cc(-c2csc(N(C)c3ccc(CS(C)(=O)=O)cc3)n2)ccn1. The topological polar surface area (TPSA) is 63.2 Å². The minimum atomic E-state index is -3.02. The molecule has 0 fully saturated rings. The van der Waals surface area contributed by atoms with Crippen LogP contribution >= 0.6 is 11.3 Å². The maximum Gasteiger partial charge on any atom is 0.190 e. The molecular formula is C18H19N3O2S2. The summed E-state index contributed by atoms with van der Waals surface area (Å²) in [4.78, 5) is 10.9. The summed E-state index contributed by atoms with van der Waals surface area (Å²) in [6.45, 7) is 1.96.